The molecule has 1 aliphatic heterocycles. The minimum atomic E-state index is -3.94. The highest BCUT2D eigenvalue weighted by atomic mass is 32.2. The van der Waals surface area contributed by atoms with Gasteiger partial charge in [0.25, 0.3) is 0 Å². The van der Waals surface area contributed by atoms with E-state index in [4.69, 9.17) is 9.88 Å². The number of carbonyl (C=O) groups is 2. The van der Waals surface area contributed by atoms with Gasteiger partial charge in [0.1, 0.15) is 22.9 Å². The number of rotatable bonds is 2. The molecule has 0 spiro atoms. The van der Waals surface area contributed by atoms with E-state index in [2.05, 4.69) is 0 Å². The number of phenols is 2. The molecule has 1 aliphatic carbocycles. The molecule has 0 bridgehead atoms. The van der Waals surface area contributed by atoms with Crippen molar-refractivity contribution in [3.63, 3.8) is 0 Å². The van der Waals surface area contributed by atoms with Crippen LogP contribution in [0, 0.1) is 0 Å². The van der Waals surface area contributed by atoms with E-state index in [1.54, 1.807) is 24.3 Å². The molecule has 10 heteroatoms. The lowest BCUT2D eigenvalue weighted by Crippen LogP contribution is -2.34. The second-order valence-corrected chi connectivity index (χ2v) is 9.09. The minimum absolute atomic E-state index is 0.109. The van der Waals surface area contributed by atoms with Gasteiger partial charge in [-0.2, -0.15) is 0 Å². The highest BCUT2D eigenvalue weighted by Gasteiger charge is 2.42. The number of hydrogen-bond donors (Lipinski definition) is 3. The molecule has 166 valence electrons. The maximum absolute atomic E-state index is 13.6. The van der Waals surface area contributed by atoms with Crippen molar-refractivity contribution >= 4 is 27.3 Å². The lowest BCUT2D eigenvalue weighted by atomic mass is 9.89. The SMILES string of the molecule is NS(=O)(=O)c1ccc(N2Cc3ccccc3OC3=C2C(=O)c2c(O)ccc(O)c2C3=O)cc1. The van der Waals surface area contributed by atoms with Crippen molar-refractivity contribution in [2.24, 2.45) is 5.14 Å². The van der Waals surface area contributed by atoms with Gasteiger partial charge in [0.2, 0.25) is 27.3 Å². The number of anilines is 1. The van der Waals surface area contributed by atoms with Crippen LogP contribution < -0.4 is 14.8 Å². The number of nitrogens with two attached hydrogens (primary N) is 1. The van der Waals surface area contributed by atoms with E-state index < -0.39 is 33.1 Å². The second kappa shape index (κ2) is 7.19. The smallest absolute Gasteiger partial charge is 0.238 e. The molecule has 0 unspecified atom stereocenters. The van der Waals surface area contributed by atoms with Gasteiger partial charge in [0, 0.05) is 11.3 Å². The summed E-state index contributed by atoms with van der Waals surface area (Å²) in [6.45, 7) is 0.109. The fraction of sp³-hybridized carbons (Fsp3) is 0.0435. The first-order valence-electron chi connectivity index (χ1n) is 9.71. The number of ether oxygens (including phenoxy) is 1. The summed E-state index contributed by atoms with van der Waals surface area (Å²) in [4.78, 5) is 28.3. The van der Waals surface area contributed by atoms with E-state index in [0.717, 1.165) is 12.1 Å². The fourth-order valence-electron chi connectivity index (χ4n) is 3.95. The molecule has 5 rings (SSSR count). The number of para-hydroxylation sites is 1. The normalized spacial score (nSPS) is 15.4. The summed E-state index contributed by atoms with van der Waals surface area (Å²) >= 11 is 0. The topological polar surface area (TPSA) is 147 Å². The summed E-state index contributed by atoms with van der Waals surface area (Å²) in [7, 11) is -3.94. The zero-order chi connectivity index (χ0) is 23.5. The highest BCUT2D eigenvalue weighted by molar-refractivity contribution is 7.89. The zero-order valence-electron chi connectivity index (χ0n) is 16.8. The third kappa shape index (κ3) is 3.23. The van der Waals surface area contributed by atoms with Crippen molar-refractivity contribution in [1.29, 1.82) is 0 Å². The van der Waals surface area contributed by atoms with Crippen LogP contribution in [-0.4, -0.2) is 30.2 Å². The Morgan fingerprint density at radius 1 is 0.848 bits per heavy atom. The average molecular weight is 464 g/mol. The van der Waals surface area contributed by atoms with Crippen LogP contribution in [0.1, 0.15) is 26.3 Å². The highest BCUT2D eigenvalue weighted by Crippen LogP contribution is 2.42. The number of allylic oxidation sites excluding steroid dienone is 2. The molecule has 2 aliphatic rings. The van der Waals surface area contributed by atoms with Crippen LogP contribution in [0.5, 0.6) is 17.2 Å². The second-order valence-electron chi connectivity index (χ2n) is 7.52. The molecule has 9 nitrogen and oxygen atoms in total. The molecular formula is C23H16N2O7S. The Balaban J connectivity index is 1.75. The number of fused-ring (bicyclic) bond motifs is 2. The lowest BCUT2D eigenvalue weighted by molar-refractivity contribution is 0.0931. The maximum Gasteiger partial charge on any atom is 0.238 e. The number of sulfonamides is 1. The molecule has 0 aromatic heterocycles. The first kappa shape index (κ1) is 20.7. The van der Waals surface area contributed by atoms with E-state index in [1.807, 2.05) is 0 Å². The fourth-order valence-corrected chi connectivity index (χ4v) is 4.47. The molecule has 0 radical (unpaired) electrons. The van der Waals surface area contributed by atoms with Crippen LogP contribution in [0.3, 0.4) is 0 Å². The van der Waals surface area contributed by atoms with Crippen molar-refractivity contribution in [2.45, 2.75) is 11.4 Å². The van der Waals surface area contributed by atoms with Crippen molar-refractivity contribution in [3.05, 3.63) is 88.8 Å². The lowest BCUT2D eigenvalue weighted by Gasteiger charge is -2.29. The quantitative estimate of drug-likeness (QED) is 0.490. The first-order chi connectivity index (χ1) is 15.7. The summed E-state index contributed by atoms with van der Waals surface area (Å²) in [6.07, 6.45) is 0. The Labute approximate surface area is 188 Å². The van der Waals surface area contributed by atoms with Gasteiger partial charge in [0.05, 0.1) is 22.6 Å². The van der Waals surface area contributed by atoms with Gasteiger partial charge in [-0.15, -0.1) is 0 Å². The molecule has 0 fully saturated rings. The zero-order valence-corrected chi connectivity index (χ0v) is 17.7. The first-order valence-corrected chi connectivity index (χ1v) is 11.3. The number of nitrogens with zero attached hydrogens (tertiary/aromatic N) is 1. The van der Waals surface area contributed by atoms with Crippen LogP contribution in [0.15, 0.2) is 77.0 Å². The van der Waals surface area contributed by atoms with Crippen molar-refractivity contribution in [1.82, 2.24) is 0 Å². The van der Waals surface area contributed by atoms with Gasteiger partial charge < -0.3 is 19.8 Å². The van der Waals surface area contributed by atoms with Gasteiger partial charge in [0.15, 0.2) is 0 Å². The summed E-state index contributed by atoms with van der Waals surface area (Å²) in [5, 5.41) is 25.8. The van der Waals surface area contributed by atoms with Gasteiger partial charge in [-0.05, 0) is 42.5 Å². The van der Waals surface area contributed by atoms with Crippen LogP contribution in [-0.2, 0) is 16.6 Å². The summed E-state index contributed by atoms with van der Waals surface area (Å²) < 4.78 is 29.2. The number of hydrogen-bond acceptors (Lipinski definition) is 8. The number of benzene rings is 3. The molecule has 0 saturated heterocycles. The summed E-state index contributed by atoms with van der Waals surface area (Å²) in [5.41, 5.74) is 0.218. The van der Waals surface area contributed by atoms with E-state index in [9.17, 15) is 28.2 Å². The van der Waals surface area contributed by atoms with E-state index >= 15 is 0 Å². The van der Waals surface area contributed by atoms with E-state index in [-0.39, 0.29) is 34.0 Å². The number of phenolic OH excluding ortho intramolecular Hbond substituents is 2. The minimum Gasteiger partial charge on any atom is -0.507 e. The third-order valence-corrected chi connectivity index (χ3v) is 6.44. The third-order valence-electron chi connectivity index (χ3n) is 5.51. The number of primary sulfonamides is 1. The van der Waals surface area contributed by atoms with Crippen LogP contribution in [0.2, 0.25) is 0 Å². The van der Waals surface area contributed by atoms with Crippen LogP contribution in [0.25, 0.3) is 0 Å². The Kier molecular flexibility index (Phi) is 4.52. The van der Waals surface area contributed by atoms with Crippen LogP contribution in [0.4, 0.5) is 5.69 Å². The van der Waals surface area contributed by atoms with E-state index in [0.29, 0.717) is 17.0 Å². The predicted octanol–water partition coefficient (Wildman–Crippen LogP) is 2.44. The van der Waals surface area contributed by atoms with Crippen molar-refractivity contribution in [3.8, 4) is 17.2 Å². The standard InChI is InChI=1S/C23H16N2O7S/c24-33(30,31)14-7-5-13(6-8-14)25-11-12-3-1-2-4-17(12)32-23-20(25)21(28)18-15(26)9-10-16(27)19(18)22(23)29/h1-10,26-27H,11H2,(H2,24,30,31). The van der Waals surface area contributed by atoms with E-state index in [1.165, 1.54) is 29.2 Å². The Bertz CT molecular complexity index is 1490. The summed E-state index contributed by atoms with van der Waals surface area (Å²) in [5.74, 6) is -2.38. The maximum atomic E-state index is 13.6. The van der Waals surface area contributed by atoms with Gasteiger partial charge in [-0.3, -0.25) is 9.59 Å². The molecule has 0 saturated carbocycles. The van der Waals surface area contributed by atoms with Gasteiger partial charge in [-0.25, -0.2) is 13.6 Å². The predicted molar refractivity (Wildman–Crippen MR) is 117 cm³/mol. The monoisotopic (exact) mass is 464 g/mol. The molecule has 4 N–H and O–H groups in total. The molecule has 33 heavy (non-hydrogen) atoms. The number of carbonyl (C=O) groups excluding carboxylic acids is 2. The number of Topliss-reactive ketones (excluding diaryl/α,β-unsaturated/α-hetero) is 2. The number of ketones is 2. The molecule has 3 aromatic rings. The molecule has 1 heterocycles. The van der Waals surface area contributed by atoms with Crippen molar-refractivity contribution in [2.75, 3.05) is 4.90 Å². The Morgan fingerprint density at radius 2 is 1.45 bits per heavy atom. The molecular weight excluding hydrogens is 448 g/mol. The molecule has 0 atom stereocenters. The molecule has 3 aromatic carbocycles. The molecule has 0 amide bonds. The summed E-state index contributed by atoms with van der Waals surface area (Å²) in [6, 6.07) is 14.6. The van der Waals surface area contributed by atoms with Gasteiger partial charge >= 0.3 is 0 Å². The van der Waals surface area contributed by atoms with Crippen molar-refractivity contribution < 1.29 is 33.0 Å². The van der Waals surface area contributed by atoms with Crippen LogP contribution >= 0.6 is 0 Å². The van der Waals surface area contributed by atoms with Gasteiger partial charge in [-0.1, -0.05) is 18.2 Å². The largest absolute Gasteiger partial charge is 0.507 e. The number of aromatic hydroxyl groups is 2. The Morgan fingerprint density at radius 3 is 2.09 bits per heavy atom. The Hall–Kier alpha value is -4.15. The average Bonchev–Trinajstić information content (AvgIpc) is 2.96.